The molecule has 1 fully saturated rings. The molecule has 1 aromatic heterocycles. The Hall–Kier alpha value is -1.74. The molecule has 2 heterocycles. The summed E-state index contributed by atoms with van der Waals surface area (Å²) in [5.74, 6) is 0.198. The van der Waals surface area contributed by atoms with Crippen molar-refractivity contribution >= 4 is 27.9 Å². The third-order valence-electron chi connectivity index (χ3n) is 3.75. The maximum absolute atomic E-state index is 11.5. The first kappa shape index (κ1) is 13.7. The van der Waals surface area contributed by atoms with Crippen molar-refractivity contribution in [2.24, 2.45) is 11.7 Å². The standard InChI is InChI=1S/C13H18N4OS/c1-2-8-3-5-17(6-4-8)13-10(12(16)18)11(15)9(7-14)19-13/h8H,2-6,15H2,1H3,(H2,16,18). The number of nitrogens with zero attached hydrogens (tertiary/aromatic N) is 2. The summed E-state index contributed by atoms with van der Waals surface area (Å²) < 4.78 is 0. The number of carbonyl (C=O) groups excluding carboxylic acids is 1. The zero-order valence-corrected chi connectivity index (χ0v) is 11.8. The average molecular weight is 278 g/mol. The smallest absolute Gasteiger partial charge is 0.253 e. The van der Waals surface area contributed by atoms with Gasteiger partial charge in [-0.25, -0.2) is 0 Å². The summed E-state index contributed by atoms with van der Waals surface area (Å²) in [6.45, 7) is 3.99. The van der Waals surface area contributed by atoms with E-state index in [9.17, 15) is 4.79 Å². The van der Waals surface area contributed by atoms with Crippen LogP contribution in [0, 0.1) is 17.2 Å². The number of anilines is 2. The zero-order valence-electron chi connectivity index (χ0n) is 11.0. The maximum atomic E-state index is 11.5. The summed E-state index contributed by atoms with van der Waals surface area (Å²) in [7, 11) is 0. The minimum atomic E-state index is -0.553. The van der Waals surface area contributed by atoms with Gasteiger partial charge in [-0.1, -0.05) is 13.3 Å². The lowest BCUT2D eigenvalue weighted by atomic mass is 9.94. The number of rotatable bonds is 3. The fraction of sp³-hybridized carbons (Fsp3) is 0.538. The molecule has 0 unspecified atom stereocenters. The van der Waals surface area contributed by atoms with E-state index in [2.05, 4.69) is 11.8 Å². The molecule has 0 aromatic carbocycles. The van der Waals surface area contributed by atoms with E-state index in [0.717, 1.165) is 36.9 Å². The van der Waals surface area contributed by atoms with Gasteiger partial charge in [-0.15, -0.1) is 11.3 Å². The third kappa shape index (κ3) is 2.51. The summed E-state index contributed by atoms with van der Waals surface area (Å²) in [5, 5.41) is 9.79. The molecular weight excluding hydrogens is 260 g/mol. The quantitative estimate of drug-likeness (QED) is 0.883. The summed E-state index contributed by atoms with van der Waals surface area (Å²) in [6, 6.07) is 2.03. The summed E-state index contributed by atoms with van der Waals surface area (Å²) >= 11 is 1.27. The van der Waals surface area contributed by atoms with Gasteiger partial charge in [0.15, 0.2) is 0 Å². The Morgan fingerprint density at radius 1 is 1.53 bits per heavy atom. The molecule has 4 N–H and O–H groups in total. The topological polar surface area (TPSA) is 96.1 Å². The van der Waals surface area contributed by atoms with Crippen LogP contribution in [0.2, 0.25) is 0 Å². The van der Waals surface area contributed by atoms with Crippen molar-refractivity contribution < 1.29 is 4.79 Å². The van der Waals surface area contributed by atoms with E-state index in [4.69, 9.17) is 16.7 Å². The van der Waals surface area contributed by atoms with Gasteiger partial charge in [0.25, 0.3) is 5.91 Å². The number of hydrogen-bond acceptors (Lipinski definition) is 5. The molecule has 102 valence electrons. The van der Waals surface area contributed by atoms with E-state index in [1.807, 2.05) is 6.07 Å². The molecule has 0 radical (unpaired) electrons. The van der Waals surface area contributed by atoms with Crippen molar-refractivity contribution in [1.82, 2.24) is 0 Å². The fourth-order valence-corrected chi connectivity index (χ4v) is 3.59. The molecule has 0 spiro atoms. The second kappa shape index (κ2) is 5.49. The number of nitrogens with two attached hydrogens (primary N) is 2. The fourth-order valence-electron chi connectivity index (χ4n) is 2.52. The van der Waals surface area contributed by atoms with Crippen molar-refractivity contribution in [3.63, 3.8) is 0 Å². The molecule has 5 nitrogen and oxygen atoms in total. The van der Waals surface area contributed by atoms with Gasteiger partial charge in [-0.2, -0.15) is 5.26 Å². The third-order valence-corrected chi connectivity index (χ3v) is 4.92. The Morgan fingerprint density at radius 3 is 2.63 bits per heavy atom. The number of nitrogen functional groups attached to an aromatic ring is 1. The number of amides is 1. The van der Waals surface area contributed by atoms with Crippen LogP contribution >= 0.6 is 11.3 Å². The van der Waals surface area contributed by atoms with Crippen LogP contribution in [-0.4, -0.2) is 19.0 Å². The van der Waals surface area contributed by atoms with Crippen LogP contribution in [0.4, 0.5) is 10.7 Å². The first-order valence-electron chi connectivity index (χ1n) is 6.45. The Balaban J connectivity index is 2.30. The molecule has 0 atom stereocenters. The summed E-state index contributed by atoms with van der Waals surface area (Å²) in [5.41, 5.74) is 11.8. The second-order valence-corrected chi connectivity index (χ2v) is 5.84. The molecule has 0 saturated carbocycles. The highest BCUT2D eigenvalue weighted by molar-refractivity contribution is 7.17. The SMILES string of the molecule is CCC1CCN(c2sc(C#N)c(N)c2C(N)=O)CC1. The van der Waals surface area contributed by atoms with Crippen molar-refractivity contribution in [3.05, 3.63) is 10.4 Å². The Kier molecular flexibility index (Phi) is 3.96. The van der Waals surface area contributed by atoms with Crippen LogP contribution < -0.4 is 16.4 Å². The highest BCUT2D eigenvalue weighted by atomic mass is 32.1. The van der Waals surface area contributed by atoms with Crippen LogP contribution in [0.1, 0.15) is 41.4 Å². The van der Waals surface area contributed by atoms with Gasteiger partial charge in [-0.3, -0.25) is 4.79 Å². The van der Waals surface area contributed by atoms with Gasteiger partial charge < -0.3 is 16.4 Å². The van der Waals surface area contributed by atoms with Crippen LogP contribution in [0.25, 0.3) is 0 Å². The van der Waals surface area contributed by atoms with Crippen molar-refractivity contribution in [2.45, 2.75) is 26.2 Å². The van der Waals surface area contributed by atoms with Gasteiger partial charge in [0.2, 0.25) is 0 Å². The predicted octanol–water partition coefficient (Wildman–Crippen LogP) is 1.93. The van der Waals surface area contributed by atoms with Crippen LogP contribution in [0.5, 0.6) is 0 Å². The lowest BCUT2D eigenvalue weighted by Crippen LogP contribution is -2.34. The van der Waals surface area contributed by atoms with Gasteiger partial charge >= 0.3 is 0 Å². The number of nitriles is 1. The molecule has 6 heteroatoms. The van der Waals surface area contributed by atoms with Crippen molar-refractivity contribution in [1.29, 1.82) is 5.26 Å². The van der Waals surface area contributed by atoms with Gasteiger partial charge in [-0.05, 0) is 18.8 Å². The number of thiophene rings is 1. The lowest BCUT2D eigenvalue weighted by Gasteiger charge is -2.32. The van der Waals surface area contributed by atoms with Gasteiger partial charge in [0.05, 0.1) is 11.3 Å². The molecule has 0 bridgehead atoms. The molecule has 1 aromatic rings. The van der Waals surface area contributed by atoms with Gasteiger partial charge in [0, 0.05) is 13.1 Å². The number of hydrogen-bond donors (Lipinski definition) is 2. The molecular formula is C13H18N4OS. The van der Waals surface area contributed by atoms with E-state index in [1.165, 1.54) is 17.8 Å². The van der Waals surface area contributed by atoms with Crippen molar-refractivity contribution in [2.75, 3.05) is 23.7 Å². The highest BCUT2D eigenvalue weighted by Crippen LogP contribution is 2.39. The van der Waals surface area contributed by atoms with E-state index >= 15 is 0 Å². The maximum Gasteiger partial charge on any atom is 0.253 e. The summed E-state index contributed by atoms with van der Waals surface area (Å²) in [4.78, 5) is 14.1. The molecule has 0 aliphatic carbocycles. The van der Waals surface area contributed by atoms with Crippen LogP contribution in [-0.2, 0) is 0 Å². The first-order valence-corrected chi connectivity index (χ1v) is 7.27. The largest absolute Gasteiger partial charge is 0.396 e. The van der Waals surface area contributed by atoms with E-state index < -0.39 is 5.91 Å². The number of piperidine rings is 1. The Morgan fingerprint density at radius 2 is 2.16 bits per heavy atom. The van der Waals surface area contributed by atoms with Crippen LogP contribution in [0.15, 0.2) is 0 Å². The molecule has 1 amide bonds. The van der Waals surface area contributed by atoms with Crippen molar-refractivity contribution in [3.8, 4) is 6.07 Å². The lowest BCUT2D eigenvalue weighted by molar-refractivity contribution is 0.100. The van der Waals surface area contributed by atoms with Crippen LogP contribution in [0.3, 0.4) is 0 Å². The minimum Gasteiger partial charge on any atom is -0.396 e. The normalized spacial score (nSPS) is 16.3. The van der Waals surface area contributed by atoms with E-state index in [0.29, 0.717) is 10.4 Å². The highest BCUT2D eigenvalue weighted by Gasteiger charge is 2.26. The monoisotopic (exact) mass is 278 g/mol. The molecule has 1 saturated heterocycles. The zero-order chi connectivity index (χ0) is 14.0. The Bertz CT molecular complexity index is 523. The van der Waals surface area contributed by atoms with Gasteiger partial charge in [0.1, 0.15) is 15.9 Å². The predicted molar refractivity (Wildman–Crippen MR) is 77.2 cm³/mol. The number of carbonyl (C=O) groups is 1. The molecule has 1 aliphatic heterocycles. The van der Waals surface area contributed by atoms with E-state index in [1.54, 1.807) is 0 Å². The molecule has 1 aliphatic rings. The molecule has 2 rings (SSSR count). The first-order chi connectivity index (χ1) is 9.08. The average Bonchev–Trinajstić information content (AvgIpc) is 2.76. The number of primary amides is 1. The Labute approximate surface area is 116 Å². The molecule has 19 heavy (non-hydrogen) atoms. The van der Waals surface area contributed by atoms with E-state index in [-0.39, 0.29) is 5.69 Å². The second-order valence-electron chi connectivity index (χ2n) is 4.84. The minimum absolute atomic E-state index is 0.229. The summed E-state index contributed by atoms with van der Waals surface area (Å²) in [6.07, 6.45) is 3.40.